The van der Waals surface area contributed by atoms with Gasteiger partial charge in [-0.3, -0.25) is 4.79 Å². The molecule has 16 heavy (non-hydrogen) atoms. The van der Waals surface area contributed by atoms with E-state index in [0.29, 0.717) is 11.2 Å². The Labute approximate surface area is 93.7 Å². The third-order valence-corrected chi connectivity index (χ3v) is 2.41. The Kier molecular flexibility index (Phi) is 2.38. The highest BCUT2D eigenvalue weighted by Gasteiger charge is 2.16. The third kappa shape index (κ3) is 1.54. The van der Waals surface area contributed by atoms with Crippen LogP contribution in [0.1, 0.15) is 21.7 Å². The van der Waals surface area contributed by atoms with Crippen molar-refractivity contribution in [2.45, 2.75) is 13.8 Å². The highest BCUT2D eigenvalue weighted by Crippen LogP contribution is 2.12. The Hall–Kier alpha value is -1.91. The number of rotatable bonds is 1. The summed E-state index contributed by atoms with van der Waals surface area (Å²) < 4.78 is 1.68. The molecule has 0 aliphatic rings. The fourth-order valence-electron chi connectivity index (χ4n) is 1.66. The lowest BCUT2D eigenvalue weighted by atomic mass is 10.3. The molecule has 0 fully saturated rings. The van der Waals surface area contributed by atoms with E-state index in [2.05, 4.69) is 10.1 Å². The molecule has 0 unspecified atom stereocenters. The van der Waals surface area contributed by atoms with Crippen LogP contribution in [0.5, 0.6) is 0 Å². The maximum Gasteiger partial charge on any atom is 0.258 e. The summed E-state index contributed by atoms with van der Waals surface area (Å²) >= 11 is 0. The Morgan fingerprint density at radius 3 is 2.69 bits per heavy atom. The number of carbonyl (C=O) groups is 1. The molecule has 84 valence electrons. The molecule has 2 heterocycles. The van der Waals surface area contributed by atoms with Gasteiger partial charge in [-0.1, -0.05) is 0 Å². The van der Waals surface area contributed by atoms with Crippen LogP contribution in [0.15, 0.2) is 12.3 Å². The normalized spacial score (nSPS) is 10.8. The zero-order chi connectivity index (χ0) is 11.9. The largest absolute Gasteiger partial charge is 0.345 e. The smallest absolute Gasteiger partial charge is 0.258 e. The lowest BCUT2D eigenvalue weighted by Gasteiger charge is -2.08. The van der Waals surface area contributed by atoms with Crippen molar-refractivity contribution in [2.75, 3.05) is 14.1 Å². The molecular formula is C11H14N4O. The molecule has 0 atom stereocenters. The molecule has 0 aromatic carbocycles. The van der Waals surface area contributed by atoms with Crippen LogP contribution in [0.25, 0.3) is 5.65 Å². The van der Waals surface area contributed by atoms with Gasteiger partial charge in [0, 0.05) is 25.5 Å². The van der Waals surface area contributed by atoms with Gasteiger partial charge in [-0.05, 0) is 19.9 Å². The quantitative estimate of drug-likeness (QED) is 0.718. The van der Waals surface area contributed by atoms with E-state index >= 15 is 0 Å². The van der Waals surface area contributed by atoms with Gasteiger partial charge >= 0.3 is 0 Å². The molecule has 0 saturated carbocycles. The van der Waals surface area contributed by atoms with Gasteiger partial charge in [0.25, 0.3) is 5.91 Å². The van der Waals surface area contributed by atoms with E-state index in [1.807, 2.05) is 19.9 Å². The molecule has 1 amide bonds. The second-order valence-electron chi connectivity index (χ2n) is 4.03. The van der Waals surface area contributed by atoms with Crippen LogP contribution in [0, 0.1) is 13.8 Å². The second-order valence-corrected chi connectivity index (χ2v) is 4.03. The standard InChI is InChI=1S/C11H14N4O/c1-7-5-8(2)15-10(13-7)9(6-12-15)11(16)14(3)4/h5-6H,1-4H3. The average molecular weight is 218 g/mol. The fraction of sp³-hybridized carbons (Fsp3) is 0.364. The van der Waals surface area contributed by atoms with Crippen LogP contribution in [0.3, 0.4) is 0 Å². The Morgan fingerprint density at radius 1 is 1.38 bits per heavy atom. The van der Waals surface area contributed by atoms with Crippen LogP contribution in [-0.4, -0.2) is 39.5 Å². The summed E-state index contributed by atoms with van der Waals surface area (Å²) in [7, 11) is 3.43. The summed E-state index contributed by atoms with van der Waals surface area (Å²) in [5, 5.41) is 4.17. The molecule has 0 N–H and O–H groups in total. The van der Waals surface area contributed by atoms with Gasteiger partial charge in [0.05, 0.1) is 6.20 Å². The predicted octanol–water partition coefficient (Wildman–Crippen LogP) is 1.05. The first-order valence-corrected chi connectivity index (χ1v) is 5.04. The average Bonchev–Trinajstić information content (AvgIpc) is 2.60. The van der Waals surface area contributed by atoms with Gasteiger partial charge in [0.1, 0.15) is 5.56 Å². The predicted molar refractivity (Wildman–Crippen MR) is 60.5 cm³/mol. The first-order valence-electron chi connectivity index (χ1n) is 5.04. The van der Waals surface area contributed by atoms with Gasteiger partial charge < -0.3 is 4.90 Å². The number of carbonyl (C=O) groups excluding carboxylic acids is 1. The van der Waals surface area contributed by atoms with Crippen molar-refractivity contribution in [2.24, 2.45) is 0 Å². The summed E-state index contributed by atoms with van der Waals surface area (Å²) in [6, 6.07) is 1.93. The first kappa shape index (κ1) is 10.6. The zero-order valence-corrected chi connectivity index (χ0v) is 9.85. The van der Waals surface area contributed by atoms with Gasteiger partial charge in [-0.25, -0.2) is 9.50 Å². The number of hydrogen-bond acceptors (Lipinski definition) is 3. The molecule has 0 aliphatic heterocycles. The molecule has 0 spiro atoms. The minimum absolute atomic E-state index is 0.0764. The molecule has 0 aliphatic carbocycles. The highest BCUT2D eigenvalue weighted by atomic mass is 16.2. The van der Waals surface area contributed by atoms with Crippen molar-refractivity contribution in [1.82, 2.24) is 19.5 Å². The van der Waals surface area contributed by atoms with E-state index in [4.69, 9.17) is 0 Å². The zero-order valence-electron chi connectivity index (χ0n) is 9.85. The molecule has 5 heteroatoms. The minimum atomic E-state index is -0.0764. The maximum absolute atomic E-state index is 11.9. The second kappa shape index (κ2) is 3.59. The minimum Gasteiger partial charge on any atom is -0.345 e. The number of amides is 1. The monoisotopic (exact) mass is 218 g/mol. The molecule has 2 rings (SSSR count). The van der Waals surface area contributed by atoms with Crippen molar-refractivity contribution in [3.8, 4) is 0 Å². The van der Waals surface area contributed by atoms with Crippen LogP contribution < -0.4 is 0 Å². The van der Waals surface area contributed by atoms with E-state index in [9.17, 15) is 4.79 Å². The number of aryl methyl sites for hydroxylation is 2. The van der Waals surface area contributed by atoms with E-state index in [-0.39, 0.29) is 5.91 Å². The van der Waals surface area contributed by atoms with Crippen LogP contribution in [0.2, 0.25) is 0 Å². The molecule has 0 radical (unpaired) electrons. The van der Waals surface area contributed by atoms with Gasteiger partial charge in [0.2, 0.25) is 0 Å². The van der Waals surface area contributed by atoms with Crippen molar-refractivity contribution >= 4 is 11.6 Å². The maximum atomic E-state index is 11.9. The fourth-order valence-corrected chi connectivity index (χ4v) is 1.66. The van der Waals surface area contributed by atoms with Crippen molar-refractivity contribution in [3.05, 3.63) is 29.2 Å². The van der Waals surface area contributed by atoms with Crippen molar-refractivity contribution in [1.29, 1.82) is 0 Å². The van der Waals surface area contributed by atoms with Crippen molar-refractivity contribution < 1.29 is 4.79 Å². The van der Waals surface area contributed by atoms with Crippen LogP contribution in [-0.2, 0) is 0 Å². The van der Waals surface area contributed by atoms with E-state index in [1.54, 1.807) is 24.8 Å². The topological polar surface area (TPSA) is 50.5 Å². The van der Waals surface area contributed by atoms with Crippen molar-refractivity contribution in [3.63, 3.8) is 0 Å². The molecular weight excluding hydrogens is 204 g/mol. The lowest BCUT2D eigenvalue weighted by molar-refractivity contribution is 0.0829. The van der Waals surface area contributed by atoms with E-state index in [1.165, 1.54) is 4.90 Å². The van der Waals surface area contributed by atoms with Gasteiger partial charge in [-0.15, -0.1) is 0 Å². The summed E-state index contributed by atoms with van der Waals surface area (Å²) in [6.07, 6.45) is 1.57. The Bertz CT molecular complexity index is 556. The summed E-state index contributed by atoms with van der Waals surface area (Å²) in [6.45, 7) is 3.85. The molecule has 0 saturated heterocycles. The Balaban J connectivity index is 2.69. The van der Waals surface area contributed by atoms with Gasteiger partial charge in [0.15, 0.2) is 5.65 Å². The number of aromatic nitrogens is 3. The summed E-state index contributed by atoms with van der Waals surface area (Å²) in [5.74, 6) is -0.0764. The molecule has 2 aromatic heterocycles. The number of fused-ring (bicyclic) bond motifs is 1. The highest BCUT2D eigenvalue weighted by molar-refractivity contribution is 5.99. The van der Waals surface area contributed by atoms with E-state index < -0.39 is 0 Å². The SMILES string of the molecule is Cc1cc(C)n2ncc(C(=O)N(C)C)c2n1. The number of nitrogens with zero attached hydrogens (tertiary/aromatic N) is 4. The van der Waals surface area contributed by atoms with Crippen LogP contribution in [0.4, 0.5) is 0 Å². The Morgan fingerprint density at radius 2 is 2.06 bits per heavy atom. The van der Waals surface area contributed by atoms with Gasteiger partial charge in [-0.2, -0.15) is 5.10 Å². The molecule has 0 bridgehead atoms. The van der Waals surface area contributed by atoms with E-state index in [0.717, 1.165) is 11.4 Å². The molecule has 2 aromatic rings. The lowest BCUT2D eigenvalue weighted by Crippen LogP contribution is -2.21. The van der Waals surface area contributed by atoms with Crippen LogP contribution >= 0.6 is 0 Å². The third-order valence-electron chi connectivity index (χ3n) is 2.41. The molecule has 5 nitrogen and oxygen atoms in total. The summed E-state index contributed by atoms with van der Waals surface area (Å²) in [5.41, 5.74) is 3.02. The summed E-state index contributed by atoms with van der Waals surface area (Å²) in [4.78, 5) is 17.8. The number of hydrogen-bond donors (Lipinski definition) is 0. The first-order chi connectivity index (χ1) is 7.50.